The Bertz CT molecular complexity index is 981. The van der Waals surface area contributed by atoms with Crippen molar-refractivity contribution in [2.45, 2.75) is 71.8 Å². The van der Waals surface area contributed by atoms with Crippen LogP contribution in [-0.2, 0) is 17.8 Å². The average Bonchev–Trinajstić information content (AvgIpc) is 3.04. The first-order valence-electron chi connectivity index (χ1n) is 11.6. The molecular weight excluding hydrogens is 395 g/mol. The van der Waals surface area contributed by atoms with Gasteiger partial charge in [-0.1, -0.05) is 13.3 Å². The number of carbonyl (C=O) groups is 1. The van der Waals surface area contributed by atoms with Gasteiger partial charge in [0.1, 0.15) is 5.82 Å². The maximum Gasteiger partial charge on any atom is 0.254 e. The van der Waals surface area contributed by atoms with Crippen LogP contribution in [0.2, 0.25) is 0 Å². The van der Waals surface area contributed by atoms with E-state index in [2.05, 4.69) is 18.4 Å². The number of aryl methyl sites for hydroxylation is 1. The predicted molar refractivity (Wildman–Crippen MR) is 119 cm³/mol. The van der Waals surface area contributed by atoms with Gasteiger partial charge in [0.15, 0.2) is 4.80 Å². The molecule has 2 aromatic rings. The Kier molecular flexibility index (Phi) is 5.20. The molecule has 6 rings (SSSR count). The average molecular weight is 427 g/mol. The van der Waals surface area contributed by atoms with Gasteiger partial charge in [-0.25, -0.2) is 4.39 Å². The third-order valence-corrected chi connectivity index (χ3v) is 8.72. The number of rotatable bonds is 5. The molecule has 1 aromatic heterocycles. The summed E-state index contributed by atoms with van der Waals surface area (Å²) in [7, 11) is 0. The summed E-state index contributed by atoms with van der Waals surface area (Å²) < 4.78 is 15.7. The molecule has 4 fully saturated rings. The minimum atomic E-state index is -0.226. The van der Waals surface area contributed by atoms with E-state index in [1.165, 1.54) is 36.3 Å². The third kappa shape index (κ3) is 3.39. The molecule has 0 atom stereocenters. The summed E-state index contributed by atoms with van der Waals surface area (Å²) in [6.07, 6.45) is 9.10. The van der Waals surface area contributed by atoms with E-state index >= 15 is 0 Å². The highest BCUT2D eigenvalue weighted by Gasteiger charge is 2.54. The fraction of sp³-hybridized carbons (Fsp3) is 0.600. The van der Waals surface area contributed by atoms with Gasteiger partial charge in [0.25, 0.3) is 5.91 Å². The van der Waals surface area contributed by atoms with Gasteiger partial charge in [-0.2, -0.15) is 4.99 Å². The summed E-state index contributed by atoms with van der Waals surface area (Å²) in [5, 5.41) is 0. The molecule has 4 aliphatic carbocycles. The lowest BCUT2D eigenvalue weighted by Gasteiger charge is -2.55. The minimum Gasteiger partial charge on any atom is -0.316 e. The molecule has 0 unspecified atom stereocenters. The Morgan fingerprint density at radius 1 is 1.10 bits per heavy atom. The van der Waals surface area contributed by atoms with Crippen molar-refractivity contribution in [3.8, 4) is 11.3 Å². The molecule has 0 radical (unpaired) electrons. The van der Waals surface area contributed by atoms with Crippen LogP contribution in [0, 0.1) is 29.0 Å². The number of carbonyl (C=O) groups excluding carboxylic acids is 1. The van der Waals surface area contributed by atoms with Crippen molar-refractivity contribution >= 4 is 17.2 Å². The number of hydrogen-bond donors (Lipinski definition) is 0. The molecule has 3 nitrogen and oxygen atoms in total. The van der Waals surface area contributed by atoms with Crippen LogP contribution in [0.25, 0.3) is 11.3 Å². The second-order valence-electron chi connectivity index (χ2n) is 9.77. The van der Waals surface area contributed by atoms with Gasteiger partial charge >= 0.3 is 0 Å². The van der Waals surface area contributed by atoms with Gasteiger partial charge in [0.05, 0.1) is 11.1 Å². The molecular formula is C25H31FN2OS. The third-order valence-electron chi connectivity index (χ3n) is 7.58. The highest BCUT2D eigenvalue weighted by atomic mass is 32.1. The minimum absolute atomic E-state index is 0.124. The zero-order valence-electron chi connectivity index (χ0n) is 18.0. The molecule has 1 amide bonds. The van der Waals surface area contributed by atoms with E-state index in [-0.39, 0.29) is 17.1 Å². The molecule has 4 aliphatic rings. The van der Waals surface area contributed by atoms with Crippen LogP contribution in [0.4, 0.5) is 4.39 Å². The van der Waals surface area contributed by atoms with Crippen LogP contribution in [0.15, 0.2) is 29.3 Å². The highest BCUT2D eigenvalue weighted by molar-refractivity contribution is 7.09. The van der Waals surface area contributed by atoms with Crippen molar-refractivity contribution in [3.63, 3.8) is 0 Å². The number of aromatic nitrogens is 1. The van der Waals surface area contributed by atoms with Gasteiger partial charge < -0.3 is 4.57 Å². The van der Waals surface area contributed by atoms with E-state index in [0.717, 1.165) is 72.5 Å². The molecule has 30 heavy (non-hydrogen) atoms. The normalized spacial score (nSPS) is 30.2. The first kappa shape index (κ1) is 20.2. The maximum absolute atomic E-state index is 13.6. The zero-order valence-corrected chi connectivity index (χ0v) is 18.8. The fourth-order valence-electron chi connectivity index (χ4n) is 6.74. The Hall–Kier alpha value is -1.75. The molecule has 5 heteroatoms. The van der Waals surface area contributed by atoms with E-state index < -0.39 is 0 Å². The van der Waals surface area contributed by atoms with Crippen LogP contribution < -0.4 is 4.80 Å². The first-order valence-corrected chi connectivity index (χ1v) is 12.4. The fourth-order valence-corrected chi connectivity index (χ4v) is 8.05. The van der Waals surface area contributed by atoms with E-state index in [1.54, 1.807) is 11.3 Å². The van der Waals surface area contributed by atoms with Gasteiger partial charge in [0, 0.05) is 11.4 Å². The summed E-state index contributed by atoms with van der Waals surface area (Å²) >= 11 is 1.65. The van der Waals surface area contributed by atoms with Crippen molar-refractivity contribution in [3.05, 3.63) is 39.8 Å². The Morgan fingerprint density at radius 3 is 2.23 bits per heavy atom. The molecule has 1 heterocycles. The molecule has 0 saturated heterocycles. The largest absolute Gasteiger partial charge is 0.316 e. The molecule has 1 aromatic carbocycles. The number of thiazole rings is 1. The topological polar surface area (TPSA) is 34.4 Å². The van der Waals surface area contributed by atoms with E-state index in [0.29, 0.717) is 0 Å². The maximum atomic E-state index is 13.6. The number of benzene rings is 1. The van der Waals surface area contributed by atoms with Crippen LogP contribution >= 0.6 is 11.3 Å². The lowest BCUT2D eigenvalue weighted by molar-refractivity contribution is -0.142. The lowest BCUT2D eigenvalue weighted by atomic mass is 9.49. The summed E-state index contributed by atoms with van der Waals surface area (Å²) in [5.41, 5.74) is 1.90. The lowest BCUT2D eigenvalue weighted by Crippen LogP contribution is -2.49. The molecule has 4 saturated carbocycles. The van der Waals surface area contributed by atoms with Crippen LogP contribution in [-0.4, -0.2) is 10.5 Å². The van der Waals surface area contributed by atoms with E-state index in [1.807, 2.05) is 12.1 Å². The first-order chi connectivity index (χ1) is 14.5. The predicted octanol–water partition coefficient (Wildman–Crippen LogP) is 5.97. The molecule has 160 valence electrons. The Morgan fingerprint density at radius 2 is 1.70 bits per heavy atom. The SMILES string of the molecule is CCCc1sc(=NC(=O)C23CC4CC(CC(C4)C2)C3)n(CC)c1-c1ccc(F)cc1. The monoisotopic (exact) mass is 426 g/mol. The number of amides is 1. The smallest absolute Gasteiger partial charge is 0.254 e. The van der Waals surface area contributed by atoms with Gasteiger partial charge in [-0.3, -0.25) is 4.79 Å². The molecule has 0 aliphatic heterocycles. The van der Waals surface area contributed by atoms with Crippen molar-refractivity contribution in [2.75, 3.05) is 0 Å². The molecule has 0 N–H and O–H groups in total. The second-order valence-corrected chi connectivity index (χ2v) is 10.8. The van der Waals surface area contributed by atoms with Crippen molar-refractivity contribution in [1.29, 1.82) is 0 Å². The van der Waals surface area contributed by atoms with Crippen LogP contribution in [0.1, 0.15) is 63.7 Å². The second kappa shape index (κ2) is 7.74. The zero-order chi connectivity index (χ0) is 20.9. The summed E-state index contributed by atoms with van der Waals surface area (Å²) in [6, 6.07) is 6.71. The van der Waals surface area contributed by atoms with E-state index in [4.69, 9.17) is 4.99 Å². The van der Waals surface area contributed by atoms with E-state index in [9.17, 15) is 9.18 Å². The number of nitrogens with zero attached hydrogens (tertiary/aromatic N) is 2. The number of hydrogen-bond acceptors (Lipinski definition) is 2. The van der Waals surface area contributed by atoms with Crippen molar-refractivity contribution < 1.29 is 9.18 Å². The Labute approximate surface area is 182 Å². The highest BCUT2D eigenvalue weighted by Crippen LogP contribution is 2.60. The molecule has 4 bridgehead atoms. The van der Waals surface area contributed by atoms with Crippen LogP contribution in [0.5, 0.6) is 0 Å². The van der Waals surface area contributed by atoms with Crippen molar-refractivity contribution in [1.82, 2.24) is 4.57 Å². The van der Waals surface area contributed by atoms with Gasteiger partial charge in [-0.05, 0) is 99.5 Å². The van der Waals surface area contributed by atoms with Gasteiger partial charge in [0.2, 0.25) is 0 Å². The molecule has 0 spiro atoms. The Balaban J connectivity index is 1.57. The van der Waals surface area contributed by atoms with Crippen molar-refractivity contribution in [2.24, 2.45) is 28.2 Å². The summed E-state index contributed by atoms with van der Waals surface area (Å²) in [5.74, 6) is 2.11. The quantitative estimate of drug-likeness (QED) is 0.580. The summed E-state index contributed by atoms with van der Waals surface area (Å²) in [4.78, 5) is 20.4. The summed E-state index contributed by atoms with van der Waals surface area (Å²) in [6.45, 7) is 5.02. The van der Waals surface area contributed by atoms with Gasteiger partial charge in [-0.15, -0.1) is 11.3 Å². The standard InChI is InChI=1S/C25H31FN2OS/c1-3-5-21-22(19-6-8-20(26)9-7-19)28(4-2)24(30-21)27-23(29)25-13-16-10-17(14-25)12-18(11-16)15-25/h6-9,16-18H,3-5,10-15H2,1-2H3. The number of halogens is 1. The van der Waals surface area contributed by atoms with Crippen LogP contribution in [0.3, 0.4) is 0 Å².